The first-order valence-corrected chi connectivity index (χ1v) is 20.6. The van der Waals surface area contributed by atoms with Crippen LogP contribution in [0.5, 0.6) is 0 Å². The molecule has 10 rings (SSSR count). The summed E-state index contributed by atoms with van der Waals surface area (Å²) in [6.45, 7) is 6.77. The zero-order valence-electron chi connectivity index (χ0n) is 30.6. The third-order valence-electron chi connectivity index (χ3n) is 10.6. The SMILES string of the molecule is Cc1ccc(Cn2c(=O)c3cc(Br)ccc3n3c(N4CCCC4)nnc23)cc1.O=c1c2cc(Br)ccc2n2c(N3CCCC3)nnc2n1Cc1ccc(Cl)cc1. The fourth-order valence-electron chi connectivity index (χ4n) is 7.72. The minimum Gasteiger partial charge on any atom is -0.341 e. The first-order chi connectivity index (χ1) is 27.2. The Morgan fingerprint density at radius 2 is 0.982 bits per heavy atom. The number of aromatic nitrogens is 8. The maximum absolute atomic E-state index is 13.3. The van der Waals surface area contributed by atoms with Gasteiger partial charge in [0.2, 0.25) is 23.5 Å². The lowest BCUT2D eigenvalue weighted by atomic mass is 10.1. The number of fused-ring (bicyclic) bond motifs is 6. The lowest BCUT2D eigenvalue weighted by molar-refractivity contribution is 0.765. The number of anilines is 2. The summed E-state index contributed by atoms with van der Waals surface area (Å²) in [6, 6.07) is 27.3. The molecule has 15 heteroatoms. The van der Waals surface area contributed by atoms with E-state index in [1.807, 2.05) is 69.5 Å². The van der Waals surface area contributed by atoms with E-state index in [-0.39, 0.29) is 11.1 Å². The van der Waals surface area contributed by atoms with Crippen molar-refractivity contribution < 1.29 is 0 Å². The molecule has 0 N–H and O–H groups in total. The molecule has 0 saturated carbocycles. The largest absolute Gasteiger partial charge is 0.341 e. The minimum absolute atomic E-state index is 0.0512. The molecule has 0 bridgehead atoms. The van der Waals surface area contributed by atoms with E-state index in [2.05, 4.69) is 93.2 Å². The lowest BCUT2D eigenvalue weighted by Crippen LogP contribution is -2.26. The number of benzene rings is 4. The van der Waals surface area contributed by atoms with Gasteiger partial charge in [-0.1, -0.05) is 85.4 Å². The number of aryl methyl sites for hydroxylation is 1. The topological polar surface area (TPSA) is 111 Å². The van der Waals surface area contributed by atoms with E-state index in [1.54, 1.807) is 9.13 Å². The average Bonchev–Trinajstić information content (AvgIpc) is 4.04. The molecule has 4 aromatic carbocycles. The summed E-state index contributed by atoms with van der Waals surface area (Å²) in [5.41, 5.74) is 4.77. The van der Waals surface area contributed by atoms with Crippen molar-refractivity contribution >= 4 is 88.7 Å². The minimum atomic E-state index is -0.0841. The van der Waals surface area contributed by atoms with E-state index in [0.29, 0.717) is 40.4 Å². The number of hydrogen-bond acceptors (Lipinski definition) is 8. The molecule has 0 aliphatic carbocycles. The van der Waals surface area contributed by atoms with Crippen LogP contribution in [-0.2, 0) is 13.1 Å². The van der Waals surface area contributed by atoms with Crippen molar-refractivity contribution in [1.82, 2.24) is 38.3 Å². The van der Waals surface area contributed by atoms with Crippen LogP contribution in [0.25, 0.3) is 33.4 Å². The highest BCUT2D eigenvalue weighted by molar-refractivity contribution is 9.10. The Labute approximate surface area is 343 Å². The Bertz CT molecular complexity index is 2680. The summed E-state index contributed by atoms with van der Waals surface area (Å²) in [4.78, 5) is 31.1. The van der Waals surface area contributed by atoms with Gasteiger partial charge in [-0.05, 0) is 92.3 Å². The van der Waals surface area contributed by atoms with E-state index >= 15 is 0 Å². The van der Waals surface area contributed by atoms with Gasteiger partial charge in [0.05, 0.1) is 34.9 Å². The molecule has 0 unspecified atom stereocenters. The number of nitrogens with zero attached hydrogens (tertiary/aromatic N) is 10. The van der Waals surface area contributed by atoms with Gasteiger partial charge in [-0.3, -0.25) is 18.7 Å². The molecule has 0 radical (unpaired) electrons. The average molecular weight is 897 g/mol. The Kier molecular flexibility index (Phi) is 9.88. The summed E-state index contributed by atoms with van der Waals surface area (Å²) in [5.74, 6) is 2.75. The van der Waals surface area contributed by atoms with Crippen LogP contribution in [0.2, 0.25) is 5.02 Å². The van der Waals surface area contributed by atoms with E-state index < -0.39 is 0 Å². The molecule has 12 nitrogen and oxygen atoms in total. The number of hydrogen-bond donors (Lipinski definition) is 0. The van der Waals surface area contributed by atoms with Crippen LogP contribution in [0.1, 0.15) is 42.4 Å². The van der Waals surface area contributed by atoms with Gasteiger partial charge >= 0.3 is 0 Å². The summed E-state index contributed by atoms with van der Waals surface area (Å²) in [7, 11) is 0. The van der Waals surface area contributed by atoms with Crippen molar-refractivity contribution in [3.8, 4) is 0 Å². The van der Waals surface area contributed by atoms with Crippen LogP contribution >= 0.6 is 43.5 Å². The molecule has 0 atom stereocenters. The summed E-state index contributed by atoms with van der Waals surface area (Å²) in [6.07, 6.45) is 4.59. The monoisotopic (exact) mass is 894 g/mol. The molecule has 2 aliphatic rings. The van der Waals surface area contributed by atoms with Gasteiger partial charge in [0.15, 0.2) is 0 Å². The Balaban J connectivity index is 0.000000146. The fourth-order valence-corrected chi connectivity index (χ4v) is 8.56. The van der Waals surface area contributed by atoms with E-state index in [0.717, 1.165) is 94.9 Å². The van der Waals surface area contributed by atoms with Crippen LogP contribution in [0.15, 0.2) is 103 Å². The highest BCUT2D eigenvalue weighted by atomic mass is 79.9. The Hall–Kier alpha value is -5.05. The second-order valence-electron chi connectivity index (χ2n) is 14.4. The van der Waals surface area contributed by atoms with E-state index in [9.17, 15) is 9.59 Å². The molecule has 6 heterocycles. The molecule has 2 saturated heterocycles. The highest BCUT2D eigenvalue weighted by Crippen LogP contribution is 2.27. The van der Waals surface area contributed by atoms with Crippen LogP contribution in [-0.4, -0.2) is 64.5 Å². The highest BCUT2D eigenvalue weighted by Gasteiger charge is 2.24. The Morgan fingerprint density at radius 3 is 1.41 bits per heavy atom. The third-order valence-corrected chi connectivity index (χ3v) is 11.8. The molecule has 284 valence electrons. The first-order valence-electron chi connectivity index (χ1n) is 18.7. The second-order valence-corrected chi connectivity index (χ2v) is 16.6. The molecule has 0 amide bonds. The molecule has 2 fully saturated rings. The van der Waals surface area contributed by atoms with Crippen molar-refractivity contribution in [3.05, 3.63) is 136 Å². The van der Waals surface area contributed by atoms with E-state index in [4.69, 9.17) is 11.6 Å². The quantitative estimate of drug-likeness (QED) is 0.166. The summed E-state index contributed by atoms with van der Waals surface area (Å²) >= 11 is 13.0. The van der Waals surface area contributed by atoms with Crippen molar-refractivity contribution in [2.24, 2.45) is 0 Å². The molecular formula is C41H37Br2ClN10O2. The zero-order chi connectivity index (χ0) is 38.5. The molecule has 56 heavy (non-hydrogen) atoms. The molecule has 4 aromatic heterocycles. The number of halogens is 3. The van der Waals surface area contributed by atoms with Gasteiger partial charge in [0.1, 0.15) is 0 Å². The third kappa shape index (κ3) is 6.77. The van der Waals surface area contributed by atoms with Crippen molar-refractivity contribution in [2.45, 2.75) is 45.7 Å². The van der Waals surface area contributed by atoms with Crippen LogP contribution < -0.4 is 20.9 Å². The summed E-state index contributed by atoms with van der Waals surface area (Å²) in [5, 5.41) is 19.7. The van der Waals surface area contributed by atoms with Crippen molar-refractivity contribution in [1.29, 1.82) is 0 Å². The van der Waals surface area contributed by atoms with Crippen LogP contribution in [0.3, 0.4) is 0 Å². The van der Waals surface area contributed by atoms with Gasteiger partial charge < -0.3 is 9.80 Å². The van der Waals surface area contributed by atoms with Crippen LogP contribution in [0.4, 0.5) is 11.9 Å². The van der Waals surface area contributed by atoms with Gasteiger partial charge in [0, 0.05) is 40.1 Å². The standard InChI is InChI=1S/C21H20BrN5O.C20H17BrClN5O/c1-14-4-6-15(7-5-14)13-26-19(28)17-12-16(22)8-9-18(17)27-20(23-24-21(26)27)25-10-2-3-11-25;21-14-5-8-17-16(11-14)18(28)26(12-13-3-6-15(22)7-4-13)20-24-23-19(27(17)20)25-9-1-2-10-25/h4-9,12H,2-3,10-11,13H2,1H3;3-8,11H,1-2,9-10,12H2. The van der Waals surface area contributed by atoms with Gasteiger partial charge in [-0.2, -0.15) is 0 Å². The predicted octanol–water partition coefficient (Wildman–Crippen LogP) is 7.87. The van der Waals surface area contributed by atoms with E-state index in [1.165, 1.54) is 5.56 Å². The van der Waals surface area contributed by atoms with Gasteiger partial charge in [-0.25, -0.2) is 8.80 Å². The maximum atomic E-state index is 13.3. The molecule has 2 aliphatic heterocycles. The zero-order valence-corrected chi connectivity index (χ0v) is 34.5. The molecule has 8 aromatic rings. The molecular weight excluding hydrogens is 860 g/mol. The molecule has 0 spiro atoms. The Morgan fingerprint density at radius 1 is 0.571 bits per heavy atom. The first kappa shape index (κ1) is 36.6. The van der Waals surface area contributed by atoms with Crippen molar-refractivity contribution in [3.63, 3.8) is 0 Å². The van der Waals surface area contributed by atoms with Gasteiger partial charge in [-0.15, -0.1) is 20.4 Å². The fraction of sp³-hybridized carbons (Fsp3) is 0.268. The smallest absolute Gasteiger partial charge is 0.263 e. The lowest BCUT2D eigenvalue weighted by Gasteiger charge is -2.17. The normalized spacial score (nSPS) is 14.4. The maximum Gasteiger partial charge on any atom is 0.263 e. The second kappa shape index (κ2) is 15.1. The van der Waals surface area contributed by atoms with Crippen molar-refractivity contribution in [2.75, 3.05) is 36.0 Å². The number of rotatable bonds is 6. The summed E-state index contributed by atoms with van der Waals surface area (Å²) < 4.78 is 9.20. The van der Waals surface area contributed by atoms with Gasteiger partial charge in [0.25, 0.3) is 11.1 Å². The predicted molar refractivity (Wildman–Crippen MR) is 229 cm³/mol. The van der Waals surface area contributed by atoms with Crippen LogP contribution in [0, 0.1) is 6.92 Å².